The van der Waals surface area contributed by atoms with Crippen LogP contribution in [-0.2, 0) is 4.79 Å². The highest BCUT2D eigenvalue weighted by Crippen LogP contribution is 2.72. The lowest BCUT2D eigenvalue weighted by Gasteiger charge is -2.63. The lowest BCUT2D eigenvalue weighted by Crippen LogP contribution is -2.58. The summed E-state index contributed by atoms with van der Waals surface area (Å²) in [7, 11) is 0. The van der Waals surface area contributed by atoms with Crippen LogP contribution in [0.1, 0.15) is 106 Å². The summed E-state index contributed by atoms with van der Waals surface area (Å²) in [5.41, 5.74) is 3.76. The Kier molecular flexibility index (Phi) is 6.71. The van der Waals surface area contributed by atoms with E-state index in [-0.39, 0.29) is 33.9 Å². The molecule has 0 aromatic carbocycles. The molecular formula is C31H50O4. The molecule has 4 nitrogen and oxygen atoms in total. The second-order valence-electron chi connectivity index (χ2n) is 14.1. The Labute approximate surface area is 213 Å². The highest BCUT2D eigenvalue weighted by Gasteiger charge is 2.66. The highest BCUT2D eigenvalue weighted by molar-refractivity contribution is 5.72. The largest absolute Gasteiger partial charge is 0.481 e. The van der Waals surface area contributed by atoms with Crippen LogP contribution >= 0.6 is 0 Å². The van der Waals surface area contributed by atoms with Gasteiger partial charge in [-0.1, -0.05) is 64.8 Å². The summed E-state index contributed by atoms with van der Waals surface area (Å²) in [6.45, 7) is 19.8. The lowest BCUT2D eigenvalue weighted by atomic mass is 9.42. The zero-order valence-electron chi connectivity index (χ0n) is 23.3. The SMILES string of the molecule is C=C(CC[C@@H](C)[C@H]1CC[C@@]2(C)C3=C(C[C@H](O)[C@]12C)[C@@]1(C)CC[C@@H](O)C(C)(C)[C@@H]1CC3)[C@@H](C)C(=O)O. The van der Waals surface area contributed by atoms with E-state index in [1.54, 1.807) is 12.5 Å². The van der Waals surface area contributed by atoms with Crippen molar-refractivity contribution in [1.82, 2.24) is 0 Å². The van der Waals surface area contributed by atoms with Gasteiger partial charge >= 0.3 is 5.97 Å². The molecule has 0 unspecified atom stereocenters. The topological polar surface area (TPSA) is 77.8 Å². The molecule has 2 fully saturated rings. The van der Waals surface area contributed by atoms with Crippen molar-refractivity contribution in [2.75, 3.05) is 0 Å². The summed E-state index contributed by atoms with van der Waals surface area (Å²) in [5, 5.41) is 32.1. The van der Waals surface area contributed by atoms with Crippen LogP contribution in [0.3, 0.4) is 0 Å². The van der Waals surface area contributed by atoms with Gasteiger partial charge in [-0.3, -0.25) is 4.79 Å². The third-order valence-electron chi connectivity index (χ3n) is 12.5. The highest BCUT2D eigenvalue weighted by atomic mass is 16.4. The van der Waals surface area contributed by atoms with E-state index >= 15 is 0 Å². The molecule has 35 heavy (non-hydrogen) atoms. The molecule has 3 N–H and O–H groups in total. The fraction of sp³-hybridized carbons (Fsp3) is 0.839. The molecule has 0 spiro atoms. The number of hydrogen-bond donors (Lipinski definition) is 3. The number of carboxylic acid groups (broad SMARTS) is 1. The van der Waals surface area contributed by atoms with E-state index in [4.69, 9.17) is 0 Å². The van der Waals surface area contributed by atoms with E-state index in [9.17, 15) is 20.1 Å². The van der Waals surface area contributed by atoms with E-state index in [1.807, 2.05) is 0 Å². The van der Waals surface area contributed by atoms with Crippen LogP contribution in [0.4, 0.5) is 0 Å². The smallest absolute Gasteiger partial charge is 0.310 e. The van der Waals surface area contributed by atoms with Crippen LogP contribution in [0.5, 0.6) is 0 Å². The third kappa shape index (κ3) is 3.71. The number of fused-ring (bicyclic) bond motifs is 4. The summed E-state index contributed by atoms with van der Waals surface area (Å²) in [6, 6.07) is 0. The second kappa shape index (κ2) is 8.72. The van der Waals surface area contributed by atoms with Gasteiger partial charge in [-0.15, -0.1) is 0 Å². The van der Waals surface area contributed by atoms with Crippen LogP contribution < -0.4 is 0 Å². The van der Waals surface area contributed by atoms with Crippen molar-refractivity contribution >= 4 is 5.97 Å². The molecule has 4 heteroatoms. The van der Waals surface area contributed by atoms with Crippen LogP contribution in [0, 0.1) is 45.3 Å². The summed E-state index contributed by atoms with van der Waals surface area (Å²) in [5.74, 6) is -0.0238. The van der Waals surface area contributed by atoms with Gasteiger partial charge in [-0.25, -0.2) is 0 Å². The molecule has 0 aromatic rings. The van der Waals surface area contributed by atoms with Crippen LogP contribution in [0.15, 0.2) is 23.3 Å². The molecule has 0 aromatic heterocycles. The van der Waals surface area contributed by atoms with Crippen molar-refractivity contribution in [3.63, 3.8) is 0 Å². The quantitative estimate of drug-likeness (QED) is 0.362. The van der Waals surface area contributed by atoms with E-state index in [0.29, 0.717) is 17.8 Å². The molecule has 0 bridgehead atoms. The molecule has 198 valence electrons. The normalized spacial score (nSPS) is 44.1. The van der Waals surface area contributed by atoms with Gasteiger partial charge < -0.3 is 15.3 Å². The first-order valence-electron chi connectivity index (χ1n) is 14.1. The van der Waals surface area contributed by atoms with Crippen molar-refractivity contribution in [1.29, 1.82) is 0 Å². The number of carbonyl (C=O) groups is 1. The van der Waals surface area contributed by atoms with Gasteiger partial charge in [-0.2, -0.15) is 0 Å². The second-order valence-corrected chi connectivity index (χ2v) is 14.1. The fourth-order valence-corrected chi connectivity index (χ4v) is 9.64. The number of carboxylic acids is 1. The minimum absolute atomic E-state index is 0.00151. The molecule has 0 amide bonds. The Morgan fingerprint density at radius 3 is 2.29 bits per heavy atom. The Morgan fingerprint density at radius 2 is 1.66 bits per heavy atom. The maximum Gasteiger partial charge on any atom is 0.310 e. The van der Waals surface area contributed by atoms with Crippen LogP contribution in [0.2, 0.25) is 0 Å². The van der Waals surface area contributed by atoms with Crippen LogP contribution in [0.25, 0.3) is 0 Å². The first-order valence-corrected chi connectivity index (χ1v) is 14.1. The molecular weight excluding hydrogens is 436 g/mol. The van der Waals surface area contributed by atoms with E-state index in [1.165, 1.54) is 5.57 Å². The van der Waals surface area contributed by atoms with Gasteiger partial charge in [0.25, 0.3) is 0 Å². The van der Waals surface area contributed by atoms with Gasteiger partial charge in [-0.05, 0) is 98.7 Å². The van der Waals surface area contributed by atoms with Crippen LogP contribution in [-0.4, -0.2) is 33.5 Å². The number of aliphatic carboxylic acids is 1. The molecule has 0 heterocycles. The lowest BCUT2D eigenvalue weighted by molar-refractivity contribution is -0.139. The molecule has 9 atom stereocenters. The number of hydrogen-bond acceptors (Lipinski definition) is 3. The Bertz CT molecular complexity index is 917. The molecule has 4 aliphatic carbocycles. The Morgan fingerprint density at radius 1 is 1.00 bits per heavy atom. The Hall–Kier alpha value is -1.13. The minimum Gasteiger partial charge on any atom is -0.481 e. The predicted molar refractivity (Wildman–Crippen MR) is 141 cm³/mol. The summed E-state index contributed by atoms with van der Waals surface area (Å²) < 4.78 is 0. The summed E-state index contributed by atoms with van der Waals surface area (Å²) in [4.78, 5) is 11.4. The standard InChI is InChI=1S/C31H50O4/c1-18(20(3)27(34)35)9-10-19(2)21-13-16-30(7)22-11-12-24-28(4,5)25(32)14-15-29(24,6)23(22)17-26(33)31(21,30)8/h19-21,24-26,32-33H,1,9-17H2,2-8H3,(H,34,35)/t19-,20-,21-,24+,25-,26+,29-,30+,31+/m1/s1. The third-order valence-corrected chi connectivity index (χ3v) is 12.5. The zero-order chi connectivity index (χ0) is 26.1. The van der Waals surface area contributed by atoms with E-state index in [2.05, 4.69) is 48.1 Å². The van der Waals surface area contributed by atoms with Crippen molar-refractivity contribution in [2.45, 2.75) is 118 Å². The number of aliphatic hydroxyl groups excluding tert-OH is 2. The molecule has 4 rings (SSSR count). The first-order chi connectivity index (χ1) is 16.1. The first kappa shape index (κ1) is 26.9. The van der Waals surface area contributed by atoms with Gasteiger partial charge in [0.2, 0.25) is 0 Å². The molecule has 0 radical (unpaired) electrons. The van der Waals surface area contributed by atoms with Gasteiger partial charge in [0.1, 0.15) is 0 Å². The summed E-state index contributed by atoms with van der Waals surface area (Å²) in [6.07, 6.45) is 8.15. The summed E-state index contributed by atoms with van der Waals surface area (Å²) >= 11 is 0. The number of rotatable bonds is 6. The monoisotopic (exact) mass is 486 g/mol. The van der Waals surface area contributed by atoms with Gasteiger partial charge in [0.15, 0.2) is 0 Å². The average molecular weight is 487 g/mol. The van der Waals surface area contributed by atoms with E-state index in [0.717, 1.165) is 63.4 Å². The fourth-order valence-electron chi connectivity index (χ4n) is 9.64. The average Bonchev–Trinajstić information content (AvgIpc) is 3.08. The van der Waals surface area contributed by atoms with E-state index < -0.39 is 11.9 Å². The van der Waals surface area contributed by atoms with Crippen molar-refractivity contribution < 1.29 is 20.1 Å². The Balaban J connectivity index is 1.63. The zero-order valence-corrected chi connectivity index (χ0v) is 23.3. The van der Waals surface area contributed by atoms with Crippen molar-refractivity contribution in [3.05, 3.63) is 23.3 Å². The minimum atomic E-state index is -0.798. The molecule has 0 saturated heterocycles. The van der Waals surface area contributed by atoms with Gasteiger partial charge in [0, 0.05) is 5.41 Å². The molecule has 2 saturated carbocycles. The van der Waals surface area contributed by atoms with Crippen molar-refractivity contribution in [2.24, 2.45) is 45.3 Å². The maximum absolute atomic E-state index is 11.9. The van der Waals surface area contributed by atoms with Gasteiger partial charge in [0.05, 0.1) is 18.1 Å². The predicted octanol–water partition coefficient (Wildman–Crippen LogP) is 6.76. The maximum atomic E-state index is 11.9. The number of aliphatic hydroxyl groups is 2. The molecule has 4 aliphatic rings. The number of allylic oxidation sites excluding steroid dienone is 1. The van der Waals surface area contributed by atoms with Crippen molar-refractivity contribution in [3.8, 4) is 0 Å². The molecule has 0 aliphatic heterocycles.